The highest BCUT2D eigenvalue weighted by molar-refractivity contribution is 7.98. The van der Waals surface area contributed by atoms with Gasteiger partial charge in [-0.1, -0.05) is 6.07 Å². The fourth-order valence-electron chi connectivity index (χ4n) is 1.32. The zero-order valence-electron chi connectivity index (χ0n) is 8.03. The molecule has 0 aliphatic carbocycles. The summed E-state index contributed by atoms with van der Waals surface area (Å²) < 4.78 is 13.4. The Balaban J connectivity index is 3.03. The third-order valence-electron chi connectivity index (χ3n) is 2.01. The SMILES string of the molecule is CSc1cccc(F)c1C(O)CCN. The fraction of sp³-hybridized carbons (Fsp3) is 0.400. The summed E-state index contributed by atoms with van der Waals surface area (Å²) in [5.74, 6) is -0.363. The molecule has 1 aromatic rings. The van der Waals surface area contributed by atoms with E-state index in [-0.39, 0.29) is 5.82 Å². The molecular formula is C10H14FNOS. The lowest BCUT2D eigenvalue weighted by atomic mass is 10.1. The van der Waals surface area contributed by atoms with Gasteiger partial charge in [-0.15, -0.1) is 11.8 Å². The molecule has 1 rings (SSSR count). The molecule has 0 heterocycles. The summed E-state index contributed by atoms with van der Waals surface area (Å²) in [6.45, 7) is 0.351. The van der Waals surface area contributed by atoms with Crippen molar-refractivity contribution in [2.45, 2.75) is 17.4 Å². The molecule has 0 aliphatic rings. The quantitative estimate of drug-likeness (QED) is 0.754. The van der Waals surface area contributed by atoms with Crippen molar-refractivity contribution >= 4 is 11.8 Å². The van der Waals surface area contributed by atoms with Gasteiger partial charge in [0.05, 0.1) is 6.10 Å². The number of aliphatic hydroxyl groups excluding tert-OH is 1. The lowest BCUT2D eigenvalue weighted by Crippen LogP contribution is -2.09. The van der Waals surface area contributed by atoms with E-state index in [0.29, 0.717) is 18.5 Å². The highest BCUT2D eigenvalue weighted by atomic mass is 32.2. The van der Waals surface area contributed by atoms with Gasteiger partial charge in [0.15, 0.2) is 0 Å². The van der Waals surface area contributed by atoms with Crippen LogP contribution in [0.1, 0.15) is 18.1 Å². The van der Waals surface area contributed by atoms with E-state index >= 15 is 0 Å². The highest BCUT2D eigenvalue weighted by Gasteiger charge is 2.15. The maximum Gasteiger partial charge on any atom is 0.130 e. The second-order valence-electron chi connectivity index (χ2n) is 2.95. The van der Waals surface area contributed by atoms with Crippen molar-refractivity contribution in [1.82, 2.24) is 0 Å². The Hall–Kier alpha value is -0.580. The zero-order chi connectivity index (χ0) is 10.6. The van der Waals surface area contributed by atoms with Crippen LogP contribution in [-0.2, 0) is 0 Å². The van der Waals surface area contributed by atoms with E-state index in [0.717, 1.165) is 4.90 Å². The largest absolute Gasteiger partial charge is 0.388 e. The zero-order valence-corrected chi connectivity index (χ0v) is 8.85. The molecule has 1 unspecified atom stereocenters. The summed E-state index contributed by atoms with van der Waals surface area (Å²) in [5.41, 5.74) is 5.69. The van der Waals surface area contributed by atoms with Gasteiger partial charge in [-0.3, -0.25) is 0 Å². The minimum Gasteiger partial charge on any atom is -0.388 e. The third-order valence-corrected chi connectivity index (χ3v) is 2.80. The van der Waals surface area contributed by atoms with Crippen LogP contribution in [0.5, 0.6) is 0 Å². The Bertz CT molecular complexity index is 306. The second-order valence-corrected chi connectivity index (χ2v) is 3.80. The molecule has 0 radical (unpaired) electrons. The monoisotopic (exact) mass is 215 g/mol. The van der Waals surface area contributed by atoms with Crippen molar-refractivity contribution in [2.24, 2.45) is 5.73 Å². The molecule has 4 heteroatoms. The predicted molar refractivity (Wildman–Crippen MR) is 56.8 cm³/mol. The normalized spacial score (nSPS) is 12.9. The van der Waals surface area contributed by atoms with Gasteiger partial charge in [0.1, 0.15) is 5.82 Å². The molecule has 2 nitrogen and oxygen atoms in total. The van der Waals surface area contributed by atoms with Crippen LogP contribution in [0.15, 0.2) is 23.1 Å². The van der Waals surface area contributed by atoms with Gasteiger partial charge in [-0.05, 0) is 31.4 Å². The maximum atomic E-state index is 13.4. The number of halogens is 1. The first-order valence-electron chi connectivity index (χ1n) is 4.41. The van der Waals surface area contributed by atoms with Gasteiger partial charge < -0.3 is 10.8 Å². The minimum absolute atomic E-state index is 0.351. The van der Waals surface area contributed by atoms with Gasteiger partial charge >= 0.3 is 0 Å². The van der Waals surface area contributed by atoms with E-state index in [1.54, 1.807) is 12.1 Å². The van der Waals surface area contributed by atoms with Crippen molar-refractivity contribution < 1.29 is 9.50 Å². The highest BCUT2D eigenvalue weighted by Crippen LogP contribution is 2.29. The number of aliphatic hydroxyl groups is 1. The minimum atomic E-state index is -0.802. The third kappa shape index (κ3) is 2.47. The molecule has 3 N–H and O–H groups in total. The molecule has 78 valence electrons. The molecule has 0 aliphatic heterocycles. The van der Waals surface area contributed by atoms with Gasteiger partial charge in [-0.2, -0.15) is 0 Å². The Kier molecular flexibility index (Phi) is 4.38. The van der Waals surface area contributed by atoms with Gasteiger partial charge in [0, 0.05) is 10.5 Å². The van der Waals surface area contributed by atoms with Crippen molar-refractivity contribution in [3.63, 3.8) is 0 Å². The second kappa shape index (κ2) is 5.34. The number of rotatable bonds is 4. The van der Waals surface area contributed by atoms with Crippen LogP contribution in [0, 0.1) is 5.82 Å². The van der Waals surface area contributed by atoms with Gasteiger partial charge in [0.2, 0.25) is 0 Å². The first-order chi connectivity index (χ1) is 6.70. The molecule has 1 aromatic carbocycles. The summed E-state index contributed by atoms with van der Waals surface area (Å²) in [6, 6.07) is 4.79. The maximum absolute atomic E-state index is 13.4. The Morgan fingerprint density at radius 1 is 1.57 bits per heavy atom. The summed E-state index contributed by atoms with van der Waals surface area (Å²) in [6.07, 6.45) is 1.44. The molecular weight excluding hydrogens is 201 g/mol. The van der Waals surface area contributed by atoms with E-state index in [4.69, 9.17) is 5.73 Å². The standard InChI is InChI=1S/C10H14FNOS/c1-14-9-4-2-3-7(11)10(9)8(13)5-6-12/h2-4,8,13H,5-6,12H2,1H3. The van der Waals surface area contributed by atoms with E-state index in [1.165, 1.54) is 17.8 Å². The van der Waals surface area contributed by atoms with Crippen LogP contribution in [0.3, 0.4) is 0 Å². The first-order valence-corrected chi connectivity index (χ1v) is 5.63. The smallest absolute Gasteiger partial charge is 0.130 e. The van der Waals surface area contributed by atoms with Crippen LogP contribution >= 0.6 is 11.8 Å². The summed E-state index contributed by atoms with van der Waals surface area (Å²) in [5, 5.41) is 9.68. The number of hydrogen-bond donors (Lipinski definition) is 2. The van der Waals surface area contributed by atoms with E-state index in [2.05, 4.69) is 0 Å². The van der Waals surface area contributed by atoms with Crippen molar-refractivity contribution in [1.29, 1.82) is 0 Å². The van der Waals surface area contributed by atoms with Crippen LogP contribution < -0.4 is 5.73 Å². The molecule has 0 saturated carbocycles. The molecule has 0 amide bonds. The topological polar surface area (TPSA) is 46.2 Å². The lowest BCUT2D eigenvalue weighted by Gasteiger charge is -2.14. The van der Waals surface area contributed by atoms with Crippen molar-refractivity contribution in [2.75, 3.05) is 12.8 Å². The molecule has 0 fully saturated rings. The van der Waals surface area contributed by atoms with Crippen LogP contribution in [-0.4, -0.2) is 17.9 Å². The average molecular weight is 215 g/mol. The number of benzene rings is 1. The van der Waals surface area contributed by atoms with Gasteiger partial charge in [-0.25, -0.2) is 4.39 Å². The molecule has 14 heavy (non-hydrogen) atoms. The molecule has 0 saturated heterocycles. The van der Waals surface area contributed by atoms with E-state index < -0.39 is 6.10 Å². The van der Waals surface area contributed by atoms with Crippen LogP contribution in [0.2, 0.25) is 0 Å². The number of thioether (sulfide) groups is 1. The summed E-state index contributed by atoms with van der Waals surface area (Å²) in [7, 11) is 0. The lowest BCUT2D eigenvalue weighted by molar-refractivity contribution is 0.162. The Morgan fingerprint density at radius 3 is 2.86 bits per heavy atom. The summed E-state index contributed by atoms with van der Waals surface area (Å²) in [4.78, 5) is 0.769. The predicted octanol–water partition coefficient (Wildman–Crippen LogP) is 1.93. The van der Waals surface area contributed by atoms with E-state index in [1.807, 2.05) is 6.26 Å². The average Bonchev–Trinajstić information content (AvgIpc) is 2.17. The summed E-state index contributed by atoms with van der Waals surface area (Å²) >= 11 is 1.42. The Morgan fingerprint density at radius 2 is 2.29 bits per heavy atom. The van der Waals surface area contributed by atoms with Crippen LogP contribution in [0.4, 0.5) is 4.39 Å². The molecule has 0 aromatic heterocycles. The van der Waals surface area contributed by atoms with E-state index in [9.17, 15) is 9.50 Å². The first kappa shape index (κ1) is 11.5. The van der Waals surface area contributed by atoms with Crippen molar-refractivity contribution in [3.8, 4) is 0 Å². The fourth-order valence-corrected chi connectivity index (χ4v) is 1.99. The molecule has 1 atom stereocenters. The van der Waals surface area contributed by atoms with Crippen molar-refractivity contribution in [3.05, 3.63) is 29.6 Å². The number of hydrogen-bond acceptors (Lipinski definition) is 3. The van der Waals surface area contributed by atoms with Gasteiger partial charge in [0.25, 0.3) is 0 Å². The Labute approximate surface area is 87.3 Å². The molecule has 0 bridgehead atoms. The molecule has 0 spiro atoms. The number of nitrogens with two attached hydrogens (primary N) is 1. The van der Waals surface area contributed by atoms with Crippen LogP contribution in [0.25, 0.3) is 0 Å².